The van der Waals surface area contributed by atoms with Crippen LogP contribution in [-0.2, 0) is 25.8 Å². The van der Waals surface area contributed by atoms with Crippen LogP contribution in [0, 0.1) is 0 Å². The predicted octanol–water partition coefficient (Wildman–Crippen LogP) is 4.41. The first-order chi connectivity index (χ1) is 13.8. The van der Waals surface area contributed by atoms with Gasteiger partial charge in [0.25, 0.3) is 0 Å². The Morgan fingerprint density at radius 1 is 1.11 bits per heavy atom. The molecule has 28 heavy (non-hydrogen) atoms. The number of pyridine rings is 1. The van der Waals surface area contributed by atoms with Crippen LogP contribution in [0.15, 0.2) is 42.6 Å². The van der Waals surface area contributed by atoms with E-state index in [2.05, 4.69) is 28.1 Å². The van der Waals surface area contributed by atoms with Gasteiger partial charge in [0, 0.05) is 58.3 Å². The second-order valence-corrected chi connectivity index (χ2v) is 8.68. The van der Waals surface area contributed by atoms with Gasteiger partial charge in [-0.2, -0.15) is 0 Å². The maximum absolute atomic E-state index is 5.68. The van der Waals surface area contributed by atoms with Crippen molar-refractivity contribution < 1.29 is 9.47 Å². The van der Waals surface area contributed by atoms with Crippen LogP contribution in [0.3, 0.4) is 0 Å². The van der Waals surface area contributed by atoms with Crippen LogP contribution in [0.1, 0.15) is 38.2 Å². The van der Waals surface area contributed by atoms with Crippen molar-refractivity contribution in [2.24, 2.45) is 0 Å². The summed E-state index contributed by atoms with van der Waals surface area (Å²) in [7, 11) is 3.52. The molecule has 144 valence electrons. The molecule has 2 aromatic heterocycles. The standard InChI is InChI=1S/C23H24N2O2S/c1-26-21-6-7-22(27-2)19-14-25-10-8-23-18(20(25)13-17(19)21)12-16(28-23)11-15-5-3-4-9-24-15/h3-7,9,12,20H,8,10-11,13-14H2,1-2H3. The lowest BCUT2D eigenvalue weighted by atomic mass is 9.86. The van der Waals surface area contributed by atoms with E-state index in [0.717, 1.165) is 49.5 Å². The molecule has 3 aromatic rings. The van der Waals surface area contributed by atoms with Crippen molar-refractivity contribution in [1.82, 2.24) is 9.88 Å². The van der Waals surface area contributed by atoms with Crippen molar-refractivity contribution in [2.75, 3.05) is 20.8 Å². The Labute approximate surface area is 169 Å². The van der Waals surface area contributed by atoms with Gasteiger partial charge >= 0.3 is 0 Å². The van der Waals surface area contributed by atoms with Gasteiger partial charge in [-0.15, -0.1) is 11.3 Å². The van der Waals surface area contributed by atoms with E-state index in [1.807, 2.05) is 35.7 Å². The number of rotatable bonds is 4. The van der Waals surface area contributed by atoms with Crippen LogP contribution in [-0.4, -0.2) is 30.6 Å². The molecule has 4 nitrogen and oxygen atoms in total. The Morgan fingerprint density at radius 2 is 1.93 bits per heavy atom. The lowest BCUT2D eigenvalue weighted by molar-refractivity contribution is 0.158. The summed E-state index contributed by atoms with van der Waals surface area (Å²) in [5.74, 6) is 1.95. The highest BCUT2D eigenvalue weighted by molar-refractivity contribution is 7.12. The van der Waals surface area contributed by atoms with Gasteiger partial charge in [-0.3, -0.25) is 9.88 Å². The molecule has 1 aromatic carbocycles. The molecule has 0 amide bonds. The SMILES string of the molecule is COc1ccc(OC)c2c1CC1c3cc(Cc4ccccn4)sc3CCN1C2. The van der Waals surface area contributed by atoms with E-state index in [4.69, 9.17) is 9.47 Å². The van der Waals surface area contributed by atoms with Gasteiger partial charge in [-0.05, 0) is 48.7 Å². The third kappa shape index (κ3) is 2.99. The molecule has 0 radical (unpaired) electrons. The molecule has 5 rings (SSSR count). The fraction of sp³-hybridized carbons (Fsp3) is 0.348. The summed E-state index contributed by atoms with van der Waals surface area (Å²) < 4.78 is 11.3. The van der Waals surface area contributed by atoms with Gasteiger partial charge in [-0.1, -0.05) is 6.07 Å². The molecule has 0 spiro atoms. The van der Waals surface area contributed by atoms with Gasteiger partial charge in [0.2, 0.25) is 0 Å². The molecule has 2 aliphatic heterocycles. The average molecular weight is 393 g/mol. The minimum atomic E-state index is 0.422. The third-order valence-corrected chi connectivity index (χ3v) is 7.15. The lowest BCUT2D eigenvalue weighted by Crippen LogP contribution is -2.39. The van der Waals surface area contributed by atoms with Crippen molar-refractivity contribution in [2.45, 2.75) is 31.8 Å². The van der Waals surface area contributed by atoms with Crippen LogP contribution in [0.25, 0.3) is 0 Å². The normalized spacial score (nSPS) is 18.1. The van der Waals surface area contributed by atoms with E-state index in [0.29, 0.717) is 6.04 Å². The molecule has 2 aliphatic rings. The summed E-state index contributed by atoms with van der Waals surface area (Å²) in [4.78, 5) is 10.1. The molecule has 0 saturated carbocycles. The summed E-state index contributed by atoms with van der Waals surface area (Å²) in [6, 6.07) is 13.1. The summed E-state index contributed by atoms with van der Waals surface area (Å²) in [5.41, 5.74) is 5.22. The fourth-order valence-corrected chi connectivity index (χ4v) is 5.83. The van der Waals surface area contributed by atoms with Gasteiger partial charge in [0.05, 0.1) is 14.2 Å². The first kappa shape index (κ1) is 17.7. The molecule has 1 unspecified atom stereocenters. The Bertz CT molecular complexity index is 999. The van der Waals surface area contributed by atoms with E-state index in [-0.39, 0.29) is 0 Å². The van der Waals surface area contributed by atoms with Crippen molar-refractivity contribution in [1.29, 1.82) is 0 Å². The molecule has 0 N–H and O–H groups in total. The number of thiophene rings is 1. The Kier molecular flexibility index (Phi) is 4.57. The topological polar surface area (TPSA) is 34.6 Å². The Hall–Kier alpha value is -2.37. The minimum absolute atomic E-state index is 0.422. The zero-order chi connectivity index (χ0) is 19.1. The maximum atomic E-state index is 5.68. The van der Waals surface area contributed by atoms with Crippen molar-refractivity contribution in [3.05, 3.63) is 74.7 Å². The van der Waals surface area contributed by atoms with E-state index < -0.39 is 0 Å². The Morgan fingerprint density at radius 3 is 2.68 bits per heavy atom. The summed E-state index contributed by atoms with van der Waals surface area (Å²) in [6.45, 7) is 2.02. The highest BCUT2D eigenvalue weighted by atomic mass is 32.1. The zero-order valence-electron chi connectivity index (χ0n) is 16.3. The second-order valence-electron chi connectivity index (χ2n) is 7.46. The maximum Gasteiger partial charge on any atom is 0.123 e. The number of nitrogens with zero attached hydrogens (tertiary/aromatic N) is 2. The number of fused-ring (bicyclic) bond motifs is 4. The lowest BCUT2D eigenvalue weighted by Gasteiger charge is -2.41. The van der Waals surface area contributed by atoms with E-state index >= 15 is 0 Å². The number of hydrogen-bond acceptors (Lipinski definition) is 5. The number of hydrogen-bond donors (Lipinski definition) is 0. The molecule has 0 bridgehead atoms. The van der Waals surface area contributed by atoms with Gasteiger partial charge in [0.1, 0.15) is 11.5 Å². The van der Waals surface area contributed by atoms with Crippen molar-refractivity contribution >= 4 is 11.3 Å². The van der Waals surface area contributed by atoms with Crippen molar-refractivity contribution in [3.8, 4) is 11.5 Å². The third-order valence-electron chi connectivity index (χ3n) is 5.94. The van der Waals surface area contributed by atoms with Gasteiger partial charge < -0.3 is 9.47 Å². The van der Waals surface area contributed by atoms with Crippen LogP contribution in [0.5, 0.6) is 11.5 Å². The van der Waals surface area contributed by atoms with Gasteiger partial charge in [-0.25, -0.2) is 0 Å². The minimum Gasteiger partial charge on any atom is -0.496 e. The quantitative estimate of drug-likeness (QED) is 0.659. The van der Waals surface area contributed by atoms with E-state index in [1.54, 1.807) is 14.2 Å². The molecule has 0 aliphatic carbocycles. The highest BCUT2D eigenvalue weighted by Gasteiger charge is 2.35. The van der Waals surface area contributed by atoms with Crippen LogP contribution in [0.2, 0.25) is 0 Å². The number of methoxy groups -OCH3 is 2. The zero-order valence-corrected chi connectivity index (χ0v) is 17.1. The summed E-state index contributed by atoms with van der Waals surface area (Å²) >= 11 is 1.96. The van der Waals surface area contributed by atoms with Crippen LogP contribution in [0.4, 0.5) is 0 Å². The largest absolute Gasteiger partial charge is 0.496 e. The Balaban J connectivity index is 1.49. The molecule has 0 saturated heterocycles. The number of ether oxygens (including phenoxy) is 2. The van der Waals surface area contributed by atoms with Crippen LogP contribution < -0.4 is 9.47 Å². The molecular weight excluding hydrogens is 368 g/mol. The summed E-state index contributed by atoms with van der Waals surface area (Å²) in [5, 5.41) is 0. The summed E-state index contributed by atoms with van der Waals surface area (Å²) in [6.07, 6.45) is 4.89. The molecule has 4 heterocycles. The number of aromatic nitrogens is 1. The first-order valence-electron chi connectivity index (χ1n) is 9.75. The number of benzene rings is 1. The molecule has 0 fully saturated rings. The van der Waals surface area contributed by atoms with E-state index in [9.17, 15) is 0 Å². The smallest absolute Gasteiger partial charge is 0.123 e. The average Bonchev–Trinajstić information content (AvgIpc) is 3.15. The van der Waals surface area contributed by atoms with Crippen molar-refractivity contribution in [3.63, 3.8) is 0 Å². The van der Waals surface area contributed by atoms with Gasteiger partial charge in [0.15, 0.2) is 0 Å². The monoisotopic (exact) mass is 392 g/mol. The van der Waals surface area contributed by atoms with E-state index in [1.165, 1.54) is 26.4 Å². The fourth-order valence-electron chi connectivity index (χ4n) is 4.60. The highest BCUT2D eigenvalue weighted by Crippen LogP contribution is 2.45. The predicted molar refractivity (Wildman–Crippen MR) is 111 cm³/mol. The molecule has 5 heteroatoms. The first-order valence-corrected chi connectivity index (χ1v) is 10.6. The second kappa shape index (κ2) is 7.22. The molecular formula is C23H24N2O2S. The molecule has 1 atom stereocenters. The van der Waals surface area contributed by atoms with Crippen LogP contribution >= 0.6 is 11.3 Å².